The van der Waals surface area contributed by atoms with Gasteiger partial charge in [-0.25, -0.2) is 9.37 Å². The Labute approximate surface area is 154 Å². The molecule has 0 N–H and O–H groups in total. The summed E-state index contributed by atoms with van der Waals surface area (Å²) >= 11 is 11.8. The summed E-state index contributed by atoms with van der Waals surface area (Å²) in [5.74, 6) is -1.04. The molecule has 0 aliphatic carbocycles. The van der Waals surface area contributed by atoms with Gasteiger partial charge in [0.2, 0.25) is 0 Å². The number of hydrogen-bond donors (Lipinski definition) is 0. The first kappa shape index (κ1) is 17.6. The molecule has 8 heteroatoms. The SMILES string of the molecule is O=C(c1cccc(F)c1)N1CCN(C(=O)c2nc(Cl)ccc2Cl)CC1. The normalized spacial score (nSPS) is 14.5. The molecule has 2 heterocycles. The predicted molar refractivity (Wildman–Crippen MR) is 92.5 cm³/mol. The molecule has 3 rings (SSSR count). The van der Waals surface area contributed by atoms with E-state index in [4.69, 9.17) is 23.2 Å². The summed E-state index contributed by atoms with van der Waals surface area (Å²) in [6.45, 7) is 1.37. The van der Waals surface area contributed by atoms with Gasteiger partial charge in [0, 0.05) is 31.7 Å². The average Bonchev–Trinajstić information content (AvgIpc) is 2.62. The third kappa shape index (κ3) is 3.91. The van der Waals surface area contributed by atoms with E-state index in [0.717, 1.165) is 0 Å². The van der Waals surface area contributed by atoms with Gasteiger partial charge >= 0.3 is 0 Å². The van der Waals surface area contributed by atoms with Crippen LogP contribution in [0.1, 0.15) is 20.8 Å². The number of aromatic nitrogens is 1. The van der Waals surface area contributed by atoms with E-state index in [1.165, 1.54) is 30.3 Å². The fourth-order valence-corrected chi connectivity index (χ4v) is 2.97. The third-order valence-corrected chi connectivity index (χ3v) is 4.46. The Kier molecular flexibility index (Phi) is 5.20. The second-order valence-electron chi connectivity index (χ2n) is 5.56. The molecule has 0 radical (unpaired) electrons. The van der Waals surface area contributed by atoms with E-state index < -0.39 is 5.82 Å². The molecule has 1 aromatic carbocycles. The van der Waals surface area contributed by atoms with E-state index in [-0.39, 0.29) is 27.7 Å². The first-order valence-electron chi connectivity index (χ1n) is 7.62. The van der Waals surface area contributed by atoms with Crippen LogP contribution in [-0.2, 0) is 0 Å². The van der Waals surface area contributed by atoms with Crippen molar-refractivity contribution in [2.75, 3.05) is 26.2 Å². The van der Waals surface area contributed by atoms with E-state index in [0.29, 0.717) is 31.7 Å². The van der Waals surface area contributed by atoms with Gasteiger partial charge < -0.3 is 9.80 Å². The summed E-state index contributed by atoms with van der Waals surface area (Å²) in [5, 5.41) is 0.417. The maximum absolute atomic E-state index is 13.3. The van der Waals surface area contributed by atoms with Crippen LogP contribution >= 0.6 is 23.2 Å². The first-order valence-corrected chi connectivity index (χ1v) is 8.37. The summed E-state index contributed by atoms with van der Waals surface area (Å²) in [4.78, 5) is 32.1. The molecule has 0 atom stereocenters. The number of halogens is 3. The van der Waals surface area contributed by atoms with Gasteiger partial charge in [0.1, 0.15) is 16.7 Å². The fourth-order valence-electron chi connectivity index (χ4n) is 2.63. The number of amides is 2. The summed E-state index contributed by atoms with van der Waals surface area (Å²) < 4.78 is 13.3. The summed E-state index contributed by atoms with van der Waals surface area (Å²) in [5.41, 5.74) is 0.387. The Morgan fingerprint density at radius 3 is 2.24 bits per heavy atom. The number of piperazine rings is 1. The van der Waals surface area contributed by atoms with Crippen LogP contribution in [0.5, 0.6) is 0 Å². The molecule has 0 unspecified atom stereocenters. The lowest BCUT2D eigenvalue weighted by Crippen LogP contribution is -2.50. The van der Waals surface area contributed by atoms with Crippen LogP contribution in [0.25, 0.3) is 0 Å². The highest BCUT2D eigenvalue weighted by Crippen LogP contribution is 2.19. The van der Waals surface area contributed by atoms with Crippen molar-refractivity contribution >= 4 is 35.0 Å². The van der Waals surface area contributed by atoms with E-state index in [1.807, 2.05) is 0 Å². The summed E-state index contributed by atoms with van der Waals surface area (Å²) in [6.07, 6.45) is 0. The predicted octanol–water partition coefficient (Wildman–Crippen LogP) is 3.13. The van der Waals surface area contributed by atoms with Crippen LogP contribution in [0.4, 0.5) is 4.39 Å². The van der Waals surface area contributed by atoms with Crippen molar-refractivity contribution < 1.29 is 14.0 Å². The molecule has 1 aliphatic heterocycles. The molecule has 0 bridgehead atoms. The zero-order valence-corrected chi connectivity index (χ0v) is 14.6. The van der Waals surface area contributed by atoms with Crippen molar-refractivity contribution in [1.29, 1.82) is 0 Å². The Bertz CT molecular complexity index is 823. The van der Waals surface area contributed by atoms with Gasteiger partial charge in [0.25, 0.3) is 11.8 Å². The molecule has 1 aromatic heterocycles. The first-order chi connectivity index (χ1) is 12.0. The largest absolute Gasteiger partial charge is 0.335 e. The van der Waals surface area contributed by atoms with Crippen molar-refractivity contribution in [3.63, 3.8) is 0 Å². The summed E-state index contributed by atoms with van der Waals surface area (Å²) in [6, 6.07) is 8.59. The summed E-state index contributed by atoms with van der Waals surface area (Å²) in [7, 11) is 0. The van der Waals surface area contributed by atoms with E-state index in [9.17, 15) is 14.0 Å². The van der Waals surface area contributed by atoms with E-state index >= 15 is 0 Å². The average molecular weight is 382 g/mol. The molecule has 1 saturated heterocycles. The Morgan fingerprint density at radius 2 is 1.60 bits per heavy atom. The molecule has 0 saturated carbocycles. The minimum atomic E-state index is -0.457. The molecule has 2 amide bonds. The molecule has 1 aliphatic rings. The number of pyridine rings is 1. The molecule has 130 valence electrons. The fraction of sp³-hybridized carbons (Fsp3) is 0.235. The van der Waals surface area contributed by atoms with Crippen LogP contribution < -0.4 is 0 Å². The second-order valence-corrected chi connectivity index (χ2v) is 6.35. The van der Waals surface area contributed by atoms with Crippen LogP contribution in [0.3, 0.4) is 0 Å². The van der Waals surface area contributed by atoms with Gasteiger partial charge in [-0.15, -0.1) is 0 Å². The van der Waals surface area contributed by atoms with E-state index in [2.05, 4.69) is 4.98 Å². The van der Waals surface area contributed by atoms with Gasteiger partial charge in [0.15, 0.2) is 0 Å². The number of carbonyl (C=O) groups is 2. The van der Waals surface area contributed by atoms with Gasteiger partial charge in [-0.05, 0) is 30.3 Å². The van der Waals surface area contributed by atoms with Gasteiger partial charge in [0.05, 0.1) is 5.02 Å². The smallest absolute Gasteiger partial charge is 0.274 e. The maximum Gasteiger partial charge on any atom is 0.274 e. The second kappa shape index (κ2) is 7.37. The van der Waals surface area contributed by atoms with Crippen LogP contribution in [0.15, 0.2) is 36.4 Å². The van der Waals surface area contributed by atoms with Crippen molar-refractivity contribution in [2.45, 2.75) is 0 Å². The highest BCUT2D eigenvalue weighted by atomic mass is 35.5. The molecule has 2 aromatic rings. The van der Waals surface area contributed by atoms with Gasteiger partial charge in [-0.1, -0.05) is 29.3 Å². The lowest BCUT2D eigenvalue weighted by molar-refractivity contribution is 0.0532. The number of rotatable bonds is 2. The number of hydrogen-bond acceptors (Lipinski definition) is 3. The minimum absolute atomic E-state index is 0.0964. The number of benzene rings is 1. The standard InChI is InChI=1S/C17H14Cl2FN3O2/c18-13-4-5-14(19)21-15(13)17(25)23-8-6-22(7-9-23)16(24)11-2-1-3-12(20)10-11/h1-5,10H,6-9H2. The third-order valence-electron chi connectivity index (χ3n) is 3.94. The molecule has 5 nitrogen and oxygen atoms in total. The van der Waals surface area contributed by atoms with Crippen LogP contribution in [0, 0.1) is 5.82 Å². The highest BCUT2D eigenvalue weighted by Gasteiger charge is 2.27. The molecular weight excluding hydrogens is 368 g/mol. The Balaban J connectivity index is 1.66. The molecule has 1 fully saturated rings. The van der Waals surface area contributed by atoms with Gasteiger partial charge in [-0.3, -0.25) is 9.59 Å². The van der Waals surface area contributed by atoms with Crippen molar-refractivity contribution in [2.24, 2.45) is 0 Å². The zero-order valence-electron chi connectivity index (χ0n) is 13.1. The van der Waals surface area contributed by atoms with Crippen molar-refractivity contribution in [1.82, 2.24) is 14.8 Å². The topological polar surface area (TPSA) is 53.5 Å². The number of carbonyl (C=O) groups excluding carboxylic acids is 2. The lowest BCUT2D eigenvalue weighted by atomic mass is 10.1. The Hall–Kier alpha value is -2.18. The molecule has 0 spiro atoms. The van der Waals surface area contributed by atoms with Crippen LogP contribution in [0.2, 0.25) is 10.2 Å². The Morgan fingerprint density at radius 1 is 0.960 bits per heavy atom. The maximum atomic E-state index is 13.3. The van der Waals surface area contributed by atoms with Crippen LogP contribution in [-0.4, -0.2) is 52.8 Å². The highest BCUT2D eigenvalue weighted by molar-refractivity contribution is 6.34. The zero-order chi connectivity index (χ0) is 18.0. The molecule has 25 heavy (non-hydrogen) atoms. The van der Waals surface area contributed by atoms with E-state index in [1.54, 1.807) is 15.9 Å². The lowest BCUT2D eigenvalue weighted by Gasteiger charge is -2.34. The van der Waals surface area contributed by atoms with Gasteiger partial charge in [-0.2, -0.15) is 0 Å². The van der Waals surface area contributed by atoms with Crippen molar-refractivity contribution in [3.05, 3.63) is 63.6 Å². The minimum Gasteiger partial charge on any atom is -0.335 e. The monoisotopic (exact) mass is 381 g/mol. The quantitative estimate of drug-likeness (QED) is 0.750. The number of nitrogens with zero attached hydrogens (tertiary/aromatic N) is 3. The van der Waals surface area contributed by atoms with Crippen molar-refractivity contribution in [3.8, 4) is 0 Å². The molecular formula is C17H14Cl2FN3O2.